The van der Waals surface area contributed by atoms with Crippen molar-refractivity contribution in [3.8, 4) is 11.3 Å². The molecule has 8 nitrogen and oxygen atoms in total. The molecular formula is C27H32N6O2. The largest absolute Gasteiger partial charge is 0.449 e. The number of likely N-dealkylation sites (tertiary alicyclic amines) is 1. The van der Waals surface area contributed by atoms with Crippen molar-refractivity contribution in [3.63, 3.8) is 0 Å². The predicted octanol–water partition coefficient (Wildman–Crippen LogP) is 5.36. The third-order valence-corrected chi connectivity index (χ3v) is 7.72. The Morgan fingerprint density at radius 2 is 1.94 bits per heavy atom. The number of carbonyl (C=O) groups is 1. The van der Waals surface area contributed by atoms with E-state index in [1.165, 1.54) is 32.1 Å². The second kappa shape index (κ2) is 9.24. The lowest BCUT2D eigenvalue weighted by Gasteiger charge is -2.31. The summed E-state index contributed by atoms with van der Waals surface area (Å²) < 4.78 is 7.76. The highest BCUT2D eigenvalue weighted by Crippen LogP contribution is 2.35. The van der Waals surface area contributed by atoms with Crippen LogP contribution in [-0.4, -0.2) is 50.0 Å². The monoisotopic (exact) mass is 472 g/mol. The lowest BCUT2D eigenvalue weighted by atomic mass is 9.90. The topological polar surface area (TPSA) is 102 Å². The van der Waals surface area contributed by atoms with E-state index in [0.29, 0.717) is 31.4 Å². The number of H-pyrrole nitrogens is 1. The molecule has 1 saturated carbocycles. The van der Waals surface area contributed by atoms with Gasteiger partial charge in [0.2, 0.25) is 0 Å². The number of anilines is 1. The number of aromatic nitrogens is 4. The number of carbonyl (C=O) groups excluding carboxylic acids is 1. The Labute approximate surface area is 204 Å². The summed E-state index contributed by atoms with van der Waals surface area (Å²) in [5.41, 5.74) is 10.1. The van der Waals surface area contributed by atoms with Crippen molar-refractivity contribution < 1.29 is 9.53 Å². The van der Waals surface area contributed by atoms with Crippen LogP contribution < -0.4 is 5.73 Å². The van der Waals surface area contributed by atoms with Crippen molar-refractivity contribution >= 4 is 28.3 Å². The van der Waals surface area contributed by atoms with Crippen LogP contribution in [0.25, 0.3) is 27.7 Å². The van der Waals surface area contributed by atoms with Gasteiger partial charge in [0, 0.05) is 54.1 Å². The van der Waals surface area contributed by atoms with Crippen LogP contribution in [0.3, 0.4) is 0 Å². The quantitative estimate of drug-likeness (QED) is 0.417. The molecule has 8 heteroatoms. The first-order chi connectivity index (χ1) is 17.2. The second-order valence-corrected chi connectivity index (χ2v) is 9.97. The first-order valence-corrected chi connectivity index (χ1v) is 12.8. The molecule has 3 aromatic heterocycles. The normalized spacial score (nSPS) is 17.9. The number of ether oxygens (including phenoxy) is 1. The van der Waals surface area contributed by atoms with E-state index < -0.39 is 0 Å². The predicted molar refractivity (Wildman–Crippen MR) is 136 cm³/mol. The third-order valence-electron chi connectivity index (χ3n) is 7.72. The number of imidazole rings is 1. The van der Waals surface area contributed by atoms with E-state index in [1.54, 1.807) is 6.20 Å². The Hall–Kier alpha value is -3.55. The summed E-state index contributed by atoms with van der Waals surface area (Å²) in [5.74, 6) is 2.22. The van der Waals surface area contributed by atoms with Gasteiger partial charge in [-0.3, -0.25) is 4.40 Å². The summed E-state index contributed by atoms with van der Waals surface area (Å²) in [7, 11) is 0. The van der Waals surface area contributed by atoms with E-state index in [-0.39, 0.29) is 12.0 Å². The van der Waals surface area contributed by atoms with E-state index >= 15 is 0 Å². The Kier molecular flexibility index (Phi) is 5.80. The molecule has 1 aliphatic heterocycles. The number of amides is 1. The minimum Gasteiger partial charge on any atom is -0.449 e. The highest BCUT2D eigenvalue weighted by molar-refractivity contribution is 5.91. The summed E-state index contributed by atoms with van der Waals surface area (Å²) >= 11 is 0. The number of hydrogen-bond acceptors (Lipinski definition) is 5. The van der Waals surface area contributed by atoms with Crippen LogP contribution in [0.4, 0.5) is 10.6 Å². The van der Waals surface area contributed by atoms with Gasteiger partial charge in [-0.2, -0.15) is 0 Å². The Morgan fingerprint density at radius 1 is 1.11 bits per heavy atom. The van der Waals surface area contributed by atoms with Gasteiger partial charge in [-0.05, 0) is 49.8 Å². The van der Waals surface area contributed by atoms with Gasteiger partial charge in [-0.25, -0.2) is 14.8 Å². The molecule has 1 aliphatic carbocycles. The first-order valence-electron chi connectivity index (χ1n) is 12.8. The van der Waals surface area contributed by atoms with E-state index in [9.17, 15) is 4.79 Å². The minimum absolute atomic E-state index is 0.170. The molecule has 1 aromatic carbocycles. The van der Waals surface area contributed by atoms with Crippen molar-refractivity contribution in [1.82, 2.24) is 24.3 Å². The molecule has 0 atom stereocenters. The van der Waals surface area contributed by atoms with E-state index in [2.05, 4.69) is 38.6 Å². The number of nitrogen functional groups attached to an aromatic ring is 1. The molecular weight excluding hydrogens is 440 g/mol. The molecule has 1 amide bonds. The molecule has 0 radical (unpaired) electrons. The van der Waals surface area contributed by atoms with Crippen molar-refractivity contribution in [2.24, 2.45) is 5.92 Å². The van der Waals surface area contributed by atoms with Crippen molar-refractivity contribution in [2.45, 2.75) is 50.9 Å². The molecule has 0 bridgehead atoms. The van der Waals surface area contributed by atoms with Crippen LogP contribution in [0.15, 0.2) is 42.9 Å². The molecule has 182 valence electrons. The zero-order valence-corrected chi connectivity index (χ0v) is 19.9. The average Bonchev–Trinajstić information content (AvgIpc) is 3.53. The SMILES string of the molecule is Nc1nccn2c(C3CCN(C(=O)OCC4CCCCC4)CC3)nc(-c3ccc4[nH]ccc4c3)c12. The number of benzene rings is 1. The van der Waals surface area contributed by atoms with Crippen LogP contribution in [0.1, 0.15) is 56.7 Å². The number of piperidine rings is 1. The Morgan fingerprint density at radius 3 is 2.77 bits per heavy atom. The van der Waals surface area contributed by atoms with Crippen LogP contribution in [0, 0.1) is 5.92 Å². The Balaban J connectivity index is 1.20. The maximum atomic E-state index is 12.7. The summed E-state index contributed by atoms with van der Waals surface area (Å²) in [6, 6.07) is 8.33. The van der Waals surface area contributed by atoms with E-state index in [0.717, 1.165) is 46.3 Å². The average molecular weight is 473 g/mol. The molecule has 4 aromatic rings. The van der Waals surface area contributed by atoms with Gasteiger partial charge < -0.3 is 20.4 Å². The number of rotatable bonds is 4. The van der Waals surface area contributed by atoms with Gasteiger partial charge in [0.25, 0.3) is 0 Å². The smallest absolute Gasteiger partial charge is 0.409 e. The number of hydrogen-bond donors (Lipinski definition) is 2. The van der Waals surface area contributed by atoms with Crippen molar-refractivity contribution in [3.05, 3.63) is 48.7 Å². The first kappa shape index (κ1) is 21.9. The number of fused-ring (bicyclic) bond motifs is 2. The van der Waals surface area contributed by atoms with Gasteiger partial charge in [-0.1, -0.05) is 25.3 Å². The van der Waals surface area contributed by atoms with Crippen molar-refractivity contribution in [2.75, 3.05) is 25.4 Å². The number of nitrogens with two attached hydrogens (primary N) is 1. The summed E-state index contributed by atoms with van der Waals surface area (Å²) in [6.45, 7) is 1.91. The molecule has 2 aliphatic rings. The van der Waals surface area contributed by atoms with E-state index in [4.69, 9.17) is 15.5 Å². The van der Waals surface area contributed by atoms with Gasteiger partial charge in [0.05, 0.1) is 6.61 Å². The lowest BCUT2D eigenvalue weighted by Crippen LogP contribution is -2.39. The summed E-state index contributed by atoms with van der Waals surface area (Å²) in [5, 5.41) is 1.13. The molecule has 1 saturated heterocycles. The number of nitrogens with one attached hydrogen (secondary N) is 1. The van der Waals surface area contributed by atoms with Gasteiger partial charge in [0.15, 0.2) is 0 Å². The summed E-state index contributed by atoms with van der Waals surface area (Å²) in [4.78, 5) is 27.2. The molecule has 4 heterocycles. The third kappa shape index (κ3) is 4.22. The molecule has 0 spiro atoms. The Bertz CT molecular complexity index is 1340. The fourth-order valence-corrected chi connectivity index (χ4v) is 5.73. The number of aromatic amines is 1. The molecule has 35 heavy (non-hydrogen) atoms. The highest BCUT2D eigenvalue weighted by atomic mass is 16.6. The van der Waals surface area contributed by atoms with Crippen LogP contribution in [0.2, 0.25) is 0 Å². The van der Waals surface area contributed by atoms with Crippen LogP contribution >= 0.6 is 0 Å². The second-order valence-electron chi connectivity index (χ2n) is 9.97. The zero-order valence-electron chi connectivity index (χ0n) is 19.9. The minimum atomic E-state index is -0.170. The lowest BCUT2D eigenvalue weighted by molar-refractivity contribution is 0.0726. The van der Waals surface area contributed by atoms with Crippen LogP contribution in [-0.2, 0) is 4.74 Å². The standard InChI is InChI=1S/C27H32N6O2/c28-25-24-23(21-6-7-22-20(16-21)8-11-29-22)31-26(33(24)15-12-30-25)19-9-13-32(14-10-19)27(34)35-17-18-4-2-1-3-5-18/h6-8,11-12,15-16,18-19,29H,1-5,9-10,13-14,17H2,(H2,28,30). The van der Waals surface area contributed by atoms with Gasteiger partial charge in [-0.15, -0.1) is 0 Å². The molecule has 2 fully saturated rings. The molecule has 0 unspecified atom stereocenters. The zero-order chi connectivity index (χ0) is 23.8. The highest BCUT2D eigenvalue weighted by Gasteiger charge is 2.29. The fraction of sp³-hybridized carbons (Fsp3) is 0.444. The number of nitrogens with zero attached hydrogens (tertiary/aromatic N) is 4. The maximum absolute atomic E-state index is 12.7. The van der Waals surface area contributed by atoms with Crippen LogP contribution in [0.5, 0.6) is 0 Å². The molecule has 3 N–H and O–H groups in total. The summed E-state index contributed by atoms with van der Waals surface area (Å²) in [6.07, 6.45) is 13.3. The van der Waals surface area contributed by atoms with Gasteiger partial charge in [0.1, 0.15) is 22.9 Å². The fourth-order valence-electron chi connectivity index (χ4n) is 5.73. The van der Waals surface area contributed by atoms with Crippen molar-refractivity contribution in [1.29, 1.82) is 0 Å². The maximum Gasteiger partial charge on any atom is 0.409 e. The van der Waals surface area contributed by atoms with Gasteiger partial charge >= 0.3 is 6.09 Å². The van der Waals surface area contributed by atoms with E-state index in [1.807, 2.05) is 17.3 Å². The molecule has 6 rings (SSSR count).